The van der Waals surface area contributed by atoms with Crippen molar-refractivity contribution in [1.82, 2.24) is 20.2 Å². The molecule has 0 radical (unpaired) electrons. The zero-order valence-corrected chi connectivity index (χ0v) is 11.7. The normalized spacial score (nSPS) is 11.5. The molecule has 0 aliphatic heterocycles. The van der Waals surface area contributed by atoms with Crippen LogP contribution >= 0.6 is 11.6 Å². The minimum Gasteiger partial charge on any atom is -0.398 e. The first-order valence-corrected chi connectivity index (χ1v) is 6.98. The molecule has 3 N–H and O–H groups in total. The predicted octanol–water partition coefficient (Wildman–Crippen LogP) is 0.555. The molecule has 0 saturated heterocycles. The molecular formula is C9H11ClN6O2S. The van der Waals surface area contributed by atoms with Gasteiger partial charge in [0.05, 0.1) is 12.1 Å². The van der Waals surface area contributed by atoms with Gasteiger partial charge in [-0.15, -0.1) is 5.10 Å². The zero-order valence-electron chi connectivity index (χ0n) is 10.1. The van der Waals surface area contributed by atoms with Gasteiger partial charge >= 0.3 is 0 Å². The second-order valence-corrected chi connectivity index (χ2v) is 5.91. The van der Waals surface area contributed by atoms with Crippen molar-refractivity contribution in [2.75, 3.05) is 10.5 Å². The van der Waals surface area contributed by atoms with E-state index in [4.69, 9.17) is 17.3 Å². The Bertz CT molecular complexity index is 726. The number of halogens is 1. The molecule has 0 aliphatic carbocycles. The van der Waals surface area contributed by atoms with Crippen molar-refractivity contribution in [3.8, 4) is 0 Å². The number of benzene rings is 1. The summed E-state index contributed by atoms with van der Waals surface area (Å²) in [6.45, 7) is 1.73. The van der Waals surface area contributed by atoms with Crippen LogP contribution in [0.3, 0.4) is 0 Å². The monoisotopic (exact) mass is 302 g/mol. The van der Waals surface area contributed by atoms with Gasteiger partial charge in [-0.1, -0.05) is 16.7 Å². The summed E-state index contributed by atoms with van der Waals surface area (Å²) in [7, 11) is -2.39. The van der Waals surface area contributed by atoms with Gasteiger partial charge in [-0.3, -0.25) is 0 Å². The fourth-order valence-electron chi connectivity index (χ4n) is 1.37. The quantitative estimate of drug-likeness (QED) is 0.800. The van der Waals surface area contributed by atoms with Gasteiger partial charge in [-0.05, 0) is 29.8 Å². The standard InChI is InChI=1S/C9H11ClN6O2S/c1-5-3-6(10)8(4-7(5)11)19(17,18)14-9-12-15-16(2)13-9/h3-4H,11H2,1-2H3,(H,13,14). The highest BCUT2D eigenvalue weighted by atomic mass is 35.5. The van der Waals surface area contributed by atoms with Gasteiger partial charge in [-0.2, -0.15) is 4.80 Å². The molecule has 1 aromatic carbocycles. The molecule has 2 aromatic rings. The number of nitrogens with zero attached hydrogens (tertiary/aromatic N) is 4. The highest BCUT2D eigenvalue weighted by Gasteiger charge is 2.21. The number of nitrogens with two attached hydrogens (primary N) is 1. The molecule has 8 nitrogen and oxygen atoms in total. The van der Waals surface area contributed by atoms with E-state index in [1.807, 2.05) is 0 Å². The van der Waals surface area contributed by atoms with E-state index in [1.54, 1.807) is 6.92 Å². The number of tetrazole rings is 1. The lowest BCUT2D eigenvalue weighted by molar-refractivity contribution is 0.600. The summed E-state index contributed by atoms with van der Waals surface area (Å²) in [4.78, 5) is 0.993. The van der Waals surface area contributed by atoms with Gasteiger partial charge < -0.3 is 5.73 Å². The maximum absolute atomic E-state index is 12.1. The Morgan fingerprint density at radius 1 is 1.42 bits per heavy atom. The predicted molar refractivity (Wildman–Crippen MR) is 70.2 cm³/mol. The molecule has 0 unspecified atom stereocenters. The molecule has 19 heavy (non-hydrogen) atoms. The molecule has 0 atom stereocenters. The fraction of sp³-hybridized carbons (Fsp3) is 0.222. The molecule has 0 amide bonds. The topological polar surface area (TPSA) is 116 Å². The third kappa shape index (κ3) is 2.76. The Morgan fingerprint density at radius 2 is 2.11 bits per heavy atom. The first-order chi connectivity index (χ1) is 8.79. The van der Waals surface area contributed by atoms with Crippen molar-refractivity contribution >= 4 is 33.3 Å². The maximum atomic E-state index is 12.1. The molecule has 10 heteroatoms. The van der Waals surface area contributed by atoms with Crippen LogP contribution in [0.2, 0.25) is 5.02 Å². The van der Waals surface area contributed by atoms with Gasteiger partial charge in [0.2, 0.25) is 0 Å². The van der Waals surface area contributed by atoms with E-state index in [0.29, 0.717) is 11.3 Å². The zero-order chi connectivity index (χ0) is 14.2. The molecule has 1 heterocycles. The summed E-state index contributed by atoms with van der Waals surface area (Å²) in [5.74, 6) is -0.141. The summed E-state index contributed by atoms with van der Waals surface area (Å²) >= 11 is 5.92. The molecular weight excluding hydrogens is 292 g/mol. The van der Waals surface area contributed by atoms with Crippen LogP contribution in [0.1, 0.15) is 5.56 Å². The van der Waals surface area contributed by atoms with Crippen molar-refractivity contribution in [2.45, 2.75) is 11.8 Å². The second kappa shape index (κ2) is 4.67. The number of sulfonamides is 1. The molecule has 0 aliphatic rings. The molecule has 102 valence electrons. The van der Waals surface area contributed by atoms with Crippen molar-refractivity contribution < 1.29 is 8.42 Å². The van der Waals surface area contributed by atoms with E-state index >= 15 is 0 Å². The Hall–Kier alpha value is -1.87. The number of hydrogen-bond acceptors (Lipinski definition) is 6. The van der Waals surface area contributed by atoms with E-state index in [9.17, 15) is 8.42 Å². The smallest absolute Gasteiger partial charge is 0.277 e. The van der Waals surface area contributed by atoms with Gasteiger partial charge in [0, 0.05) is 5.69 Å². The summed E-state index contributed by atoms with van der Waals surface area (Å²) in [6, 6.07) is 2.77. The average Bonchev–Trinajstić information content (AvgIpc) is 2.68. The van der Waals surface area contributed by atoms with Gasteiger partial charge in [-0.25, -0.2) is 13.1 Å². The van der Waals surface area contributed by atoms with Crippen LogP contribution in [0.4, 0.5) is 11.6 Å². The number of hydrogen-bond donors (Lipinski definition) is 2. The average molecular weight is 303 g/mol. The van der Waals surface area contributed by atoms with Crippen molar-refractivity contribution in [3.05, 3.63) is 22.7 Å². The van der Waals surface area contributed by atoms with Crippen LogP contribution in [0.5, 0.6) is 0 Å². The lowest BCUT2D eigenvalue weighted by Gasteiger charge is -2.09. The van der Waals surface area contributed by atoms with Gasteiger partial charge in [0.25, 0.3) is 16.0 Å². The van der Waals surface area contributed by atoms with Gasteiger partial charge in [0.15, 0.2) is 0 Å². The Labute approximate surface area is 114 Å². The minimum atomic E-state index is -3.91. The van der Waals surface area contributed by atoms with Crippen LogP contribution in [-0.4, -0.2) is 28.6 Å². The molecule has 0 bridgehead atoms. The summed E-state index contributed by atoms with van der Waals surface area (Å²) in [5.41, 5.74) is 6.71. The van der Waals surface area contributed by atoms with Crippen LogP contribution in [-0.2, 0) is 17.1 Å². The highest BCUT2D eigenvalue weighted by Crippen LogP contribution is 2.27. The van der Waals surface area contributed by atoms with Crippen LogP contribution in [0.25, 0.3) is 0 Å². The lowest BCUT2D eigenvalue weighted by Crippen LogP contribution is -2.15. The van der Waals surface area contributed by atoms with E-state index in [1.165, 1.54) is 19.2 Å². The number of nitrogen functional groups attached to an aromatic ring is 1. The Balaban J connectivity index is 2.42. The summed E-state index contributed by atoms with van der Waals surface area (Å²) in [5, 5.41) is 10.8. The number of rotatable bonds is 3. The van der Waals surface area contributed by atoms with Crippen molar-refractivity contribution in [1.29, 1.82) is 0 Å². The van der Waals surface area contributed by atoms with Crippen LogP contribution < -0.4 is 10.5 Å². The second-order valence-electron chi connectivity index (χ2n) is 3.85. The third-order valence-electron chi connectivity index (χ3n) is 2.34. The summed E-state index contributed by atoms with van der Waals surface area (Å²) < 4.78 is 26.4. The molecule has 2 rings (SSSR count). The van der Waals surface area contributed by atoms with E-state index in [-0.39, 0.29) is 15.9 Å². The SMILES string of the molecule is Cc1cc(Cl)c(S(=O)(=O)Nc2nnn(C)n2)cc1N. The van der Waals surface area contributed by atoms with Crippen LogP contribution in [0.15, 0.2) is 17.0 Å². The third-order valence-corrected chi connectivity index (χ3v) is 4.14. The first-order valence-electron chi connectivity index (χ1n) is 5.12. The lowest BCUT2D eigenvalue weighted by atomic mass is 10.2. The van der Waals surface area contributed by atoms with Crippen LogP contribution in [0, 0.1) is 6.92 Å². The largest absolute Gasteiger partial charge is 0.398 e. The highest BCUT2D eigenvalue weighted by molar-refractivity contribution is 7.92. The maximum Gasteiger partial charge on any atom is 0.277 e. The van der Waals surface area contributed by atoms with E-state index in [0.717, 1.165) is 4.80 Å². The van der Waals surface area contributed by atoms with Gasteiger partial charge in [0.1, 0.15) is 4.90 Å². The van der Waals surface area contributed by atoms with Crippen molar-refractivity contribution in [2.24, 2.45) is 7.05 Å². The molecule has 0 saturated carbocycles. The fourth-order valence-corrected chi connectivity index (χ4v) is 2.93. The number of nitrogens with one attached hydrogen (secondary N) is 1. The van der Waals surface area contributed by atoms with E-state index < -0.39 is 10.0 Å². The molecule has 0 spiro atoms. The Morgan fingerprint density at radius 3 is 2.68 bits per heavy atom. The van der Waals surface area contributed by atoms with E-state index in [2.05, 4.69) is 20.1 Å². The molecule has 0 fully saturated rings. The first kappa shape index (κ1) is 13.6. The number of aromatic nitrogens is 4. The Kier molecular flexibility index (Phi) is 3.33. The number of anilines is 2. The van der Waals surface area contributed by atoms with Crippen molar-refractivity contribution in [3.63, 3.8) is 0 Å². The minimum absolute atomic E-state index is 0.0723. The summed E-state index contributed by atoms with van der Waals surface area (Å²) in [6.07, 6.45) is 0. The number of aryl methyl sites for hydroxylation is 2. The molecule has 1 aromatic heterocycles.